The van der Waals surface area contributed by atoms with Crippen molar-refractivity contribution < 1.29 is 38.7 Å². The second-order valence-corrected chi connectivity index (χ2v) is 13.4. The second kappa shape index (κ2) is 19.7. The Hall–Kier alpha value is -3.75. The van der Waals surface area contributed by atoms with Crippen molar-refractivity contribution >= 4 is 41.4 Å². The summed E-state index contributed by atoms with van der Waals surface area (Å²) in [5.74, 6) is -5.74. The van der Waals surface area contributed by atoms with Gasteiger partial charge in [0.15, 0.2) is 0 Å². The molecule has 0 unspecified atom stereocenters. The van der Waals surface area contributed by atoms with Crippen molar-refractivity contribution in [3.8, 4) is 0 Å². The number of carbonyl (C=O) groups is 7. The van der Waals surface area contributed by atoms with Crippen molar-refractivity contribution in [2.45, 2.75) is 131 Å². The zero-order chi connectivity index (χ0) is 36.0. The second-order valence-electron chi connectivity index (χ2n) is 13.4. The van der Waals surface area contributed by atoms with Crippen LogP contribution in [-0.4, -0.2) is 88.8 Å². The molecule has 0 aliphatic heterocycles. The Morgan fingerprint density at radius 2 is 0.826 bits per heavy atom. The Kier molecular flexibility index (Phi) is 18.1. The Balaban J connectivity index is 5.77. The minimum absolute atomic E-state index is 0.0404. The van der Waals surface area contributed by atoms with E-state index in [0.29, 0.717) is 6.42 Å². The molecule has 15 heteroatoms. The van der Waals surface area contributed by atoms with Crippen LogP contribution in [0.2, 0.25) is 0 Å². The number of aliphatic carboxylic acids is 1. The van der Waals surface area contributed by atoms with Crippen LogP contribution in [0.3, 0.4) is 0 Å². The summed E-state index contributed by atoms with van der Waals surface area (Å²) in [5, 5.41) is 24.6. The van der Waals surface area contributed by atoms with Gasteiger partial charge < -0.3 is 42.7 Å². The summed E-state index contributed by atoms with van der Waals surface area (Å²) in [6, 6.07) is -7.21. The van der Waals surface area contributed by atoms with Crippen molar-refractivity contribution in [2.75, 3.05) is 0 Å². The van der Waals surface area contributed by atoms with E-state index in [9.17, 15) is 33.6 Å². The van der Waals surface area contributed by atoms with Gasteiger partial charge in [0.2, 0.25) is 35.4 Å². The maximum absolute atomic E-state index is 13.5. The fraction of sp³-hybridized carbons (Fsp3) is 0.774. The van der Waals surface area contributed by atoms with E-state index in [2.05, 4.69) is 31.9 Å². The molecule has 7 atom stereocenters. The molecule has 15 nitrogen and oxygen atoms in total. The van der Waals surface area contributed by atoms with Crippen LogP contribution in [0.5, 0.6) is 0 Å². The highest BCUT2D eigenvalue weighted by Crippen LogP contribution is 2.11. The van der Waals surface area contributed by atoms with Gasteiger partial charge in [-0.05, 0) is 57.3 Å². The highest BCUT2D eigenvalue weighted by Gasteiger charge is 2.34. The molecular weight excluding hydrogens is 598 g/mol. The highest BCUT2D eigenvalue weighted by molar-refractivity contribution is 5.97. The fourth-order valence-electron chi connectivity index (χ4n) is 4.32. The molecule has 0 saturated carbocycles. The van der Waals surface area contributed by atoms with E-state index in [4.69, 9.17) is 10.8 Å². The van der Waals surface area contributed by atoms with E-state index in [0.717, 1.165) is 0 Å². The zero-order valence-electron chi connectivity index (χ0n) is 29.1. The lowest BCUT2D eigenvalue weighted by Gasteiger charge is -2.29. The topological polar surface area (TPSA) is 238 Å². The number of hydrogen-bond donors (Lipinski definition) is 8. The normalized spacial score (nSPS) is 16.0. The Morgan fingerprint density at radius 1 is 0.478 bits per heavy atom. The van der Waals surface area contributed by atoms with Gasteiger partial charge in [-0.3, -0.25) is 33.6 Å². The largest absolute Gasteiger partial charge is 0.480 e. The van der Waals surface area contributed by atoms with Crippen LogP contribution in [0.25, 0.3) is 0 Å². The number of nitrogens with two attached hydrogens (primary N) is 1. The maximum Gasteiger partial charge on any atom is 0.325 e. The first-order valence-corrected chi connectivity index (χ1v) is 15.9. The third-order valence-electron chi connectivity index (χ3n) is 7.07. The van der Waals surface area contributed by atoms with Crippen LogP contribution in [-0.2, 0) is 33.6 Å². The minimum Gasteiger partial charge on any atom is -0.480 e. The monoisotopic (exact) mass is 655 g/mol. The Bertz CT molecular complexity index is 1080. The molecule has 0 radical (unpaired) electrons. The quantitative estimate of drug-likeness (QED) is 0.0916. The summed E-state index contributed by atoms with van der Waals surface area (Å²) in [4.78, 5) is 89.0. The number of amides is 6. The van der Waals surface area contributed by atoms with E-state index in [-0.39, 0.29) is 18.3 Å². The van der Waals surface area contributed by atoms with Crippen molar-refractivity contribution in [3.05, 3.63) is 0 Å². The molecule has 46 heavy (non-hydrogen) atoms. The van der Waals surface area contributed by atoms with Gasteiger partial charge in [0.1, 0.15) is 36.3 Å². The summed E-state index contributed by atoms with van der Waals surface area (Å²) >= 11 is 0. The van der Waals surface area contributed by atoms with Crippen LogP contribution in [0.4, 0.5) is 0 Å². The predicted octanol–water partition coefficient (Wildman–Crippen LogP) is -0.229. The third kappa shape index (κ3) is 15.0. The van der Waals surface area contributed by atoms with Crippen LogP contribution >= 0.6 is 0 Å². The number of carboxylic acids is 1. The highest BCUT2D eigenvalue weighted by atomic mass is 16.4. The summed E-state index contributed by atoms with van der Waals surface area (Å²) in [6.07, 6.45) is 0.531. The third-order valence-corrected chi connectivity index (χ3v) is 7.07. The standard InChI is InChI=1S/C31H57N7O8/c1-14(2)12-21(35-25(39)18(9)32)27(41)33-19(10)26(40)36-22(13-15(3)4)28(42)37-24(17(7)8)30(44)38-23(16(5)6)29(43)34-20(11)31(45)46/h14-24H,12-13,32H2,1-11H3,(H,33,41)(H,34,43)(H,35,39)(H,36,40)(H,37,42)(H,38,44)(H,45,46)/t18-,19-,20-,21-,22-,23-,24-/m0/s1. The van der Waals surface area contributed by atoms with Crippen LogP contribution in [0, 0.1) is 23.7 Å². The Labute approximate surface area is 272 Å². The van der Waals surface area contributed by atoms with Crippen molar-refractivity contribution in [1.82, 2.24) is 31.9 Å². The van der Waals surface area contributed by atoms with E-state index in [1.807, 2.05) is 27.7 Å². The molecule has 264 valence electrons. The van der Waals surface area contributed by atoms with Gasteiger partial charge in [0.05, 0.1) is 6.04 Å². The van der Waals surface area contributed by atoms with E-state index >= 15 is 0 Å². The van der Waals surface area contributed by atoms with Gasteiger partial charge in [0, 0.05) is 0 Å². The first-order chi connectivity index (χ1) is 21.1. The summed E-state index contributed by atoms with van der Waals surface area (Å²) in [7, 11) is 0. The zero-order valence-corrected chi connectivity index (χ0v) is 29.1. The van der Waals surface area contributed by atoms with Crippen LogP contribution in [0.15, 0.2) is 0 Å². The lowest BCUT2D eigenvalue weighted by atomic mass is 9.98. The minimum atomic E-state index is -1.23. The van der Waals surface area contributed by atoms with Gasteiger partial charge in [-0.15, -0.1) is 0 Å². The molecule has 0 aromatic carbocycles. The van der Waals surface area contributed by atoms with Crippen LogP contribution in [0.1, 0.15) is 89.0 Å². The average molecular weight is 656 g/mol. The molecule has 0 aromatic heterocycles. The average Bonchev–Trinajstić information content (AvgIpc) is 2.92. The van der Waals surface area contributed by atoms with Gasteiger partial charge in [-0.1, -0.05) is 55.4 Å². The maximum atomic E-state index is 13.5. The molecule has 0 heterocycles. The van der Waals surface area contributed by atoms with Gasteiger partial charge >= 0.3 is 5.97 Å². The molecule has 0 rings (SSSR count). The first-order valence-electron chi connectivity index (χ1n) is 15.9. The van der Waals surface area contributed by atoms with E-state index < -0.39 is 95.5 Å². The number of nitrogens with one attached hydrogen (secondary N) is 6. The predicted molar refractivity (Wildman–Crippen MR) is 173 cm³/mol. The first kappa shape index (κ1) is 42.2. The number of rotatable bonds is 19. The van der Waals surface area contributed by atoms with Crippen LogP contribution < -0.4 is 37.6 Å². The lowest BCUT2D eigenvalue weighted by Crippen LogP contribution is -2.61. The Morgan fingerprint density at radius 3 is 1.20 bits per heavy atom. The smallest absolute Gasteiger partial charge is 0.325 e. The van der Waals surface area contributed by atoms with Gasteiger partial charge in [0.25, 0.3) is 0 Å². The van der Waals surface area contributed by atoms with E-state index in [1.165, 1.54) is 20.8 Å². The number of hydrogen-bond acceptors (Lipinski definition) is 8. The molecule has 0 aliphatic carbocycles. The number of carbonyl (C=O) groups excluding carboxylic acids is 6. The molecule has 9 N–H and O–H groups in total. The van der Waals surface area contributed by atoms with Crippen molar-refractivity contribution in [2.24, 2.45) is 29.4 Å². The molecule has 6 amide bonds. The molecule has 0 aromatic rings. The summed E-state index contributed by atoms with van der Waals surface area (Å²) in [6.45, 7) is 18.5. The fourth-order valence-corrected chi connectivity index (χ4v) is 4.32. The molecule has 0 aliphatic rings. The summed E-state index contributed by atoms with van der Waals surface area (Å²) in [5.41, 5.74) is 5.63. The summed E-state index contributed by atoms with van der Waals surface area (Å²) < 4.78 is 0. The van der Waals surface area contributed by atoms with Gasteiger partial charge in [-0.25, -0.2) is 0 Å². The van der Waals surface area contributed by atoms with Crippen molar-refractivity contribution in [3.63, 3.8) is 0 Å². The van der Waals surface area contributed by atoms with Gasteiger partial charge in [-0.2, -0.15) is 0 Å². The lowest BCUT2D eigenvalue weighted by molar-refractivity contribution is -0.142. The van der Waals surface area contributed by atoms with E-state index in [1.54, 1.807) is 27.7 Å². The molecule has 0 fully saturated rings. The SMILES string of the molecule is CC(C)C[C@H](NC(=O)[C@H](C)N)C(=O)N[C@@H](C)C(=O)N[C@@H](CC(C)C)C(=O)N[C@H](C(=O)N[C@H](C(=O)N[C@@H](C)C(=O)O)C(C)C)C(C)C. The molecule has 0 spiro atoms. The molecule has 0 bridgehead atoms. The molecular formula is C31H57N7O8. The number of carboxylic acid groups (broad SMARTS) is 1. The van der Waals surface area contributed by atoms with Crippen molar-refractivity contribution in [1.29, 1.82) is 0 Å². The molecule has 0 saturated heterocycles.